The van der Waals surface area contributed by atoms with Crippen LogP contribution in [-0.4, -0.2) is 52.3 Å². The Labute approximate surface area is 126 Å². The van der Waals surface area contributed by atoms with Crippen LogP contribution in [0.2, 0.25) is 5.02 Å². The van der Waals surface area contributed by atoms with Crippen LogP contribution in [0.1, 0.15) is 12.8 Å². The number of β-amino-alcohol motifs (C(OH)–C–C–N with tert-alkyl or cyclic N) is 1. The molecule has 21 heavy (non-hydrogen) atoms. The molecule has 1 amide bonds. The third-order valence-corrected chi connectivity index (χ3v) is 3.61. The maximum atomic E-state index is 12.0. The summed E-state index contributed by atoms with van der Waals surface area (Å²) in [6.07, 6.45) is -0.701. The number of rotatable bonds is 5. The van der Waals surface area contributed by atoms with Crippen molar-refractivity contribution in [2.75, 3.05) is 13.2 Å². The third kappa shape index (κ3) is 3.86. The van der Waals surface area contributed by atoms with Gasteiger partial charge in [-0.1, -0.05) is 23.7 Å². The summed E-state index contributed by atoms with van der Waals surface area (Å²) >= 11 is 5.92. The molecule has 1 aliphatic heterocycles. The van der Waals surface area contributed by atoms with Crippen molar-refractivity contribution in [2.45, 2.75) is 25.0 Å². The number of likely N-dealkylation sites (tertiary alicyclic amines) is 1. The van der Waals surface area contributed by atoms with Gasteiger partial charge in [-0.3, -0.25) is 4.79 Å². The Morgan fingerprint density at radius 3 is 2.76 bits per heavy atom. The van der Waals surface area contributed by atoms with Crippen molar-refractivity contribution >= 4 is 23.5 Å². The third-order valence-electron chi connectivity index (χ3n) is 3.29. The Morgan fingerprint density at radius 1 is 1.38 bits per heavy atom. The molecule has 1 fully saturated rings. The van der Waals surface area contributed by atoms with Crippen LogP contribution in [0.5, 0.6) is 5.75 Å². The van der Waals surface area contributed by atoms with E-state index in [0.717, 1.165) is 0 Å². The number of para-hydroxylation sites is 1. The van der Waals surface area contributed by atoms with Crippen molar-refractivity contribution in [3.63, 3.8) is 0 Å². The molecule has 1 aromatic carbocycles. The number of carboxylic acid groups (broad SMARTS) is 1. The summed E-state index contributed by atoms with van der Waals surface area (Å²) in [5, 5.41) is 19.0. The SMILES string of the molecule is O=C(O)C1CC(O)CN1C(=O)CCOc1ccccc1Cl. The lowest BCUT2D eigenvalue weighted by molar-refractivity contribution is -0.148. The lowest BCUT2D eigenvalue weighted by Gasteiger charge is -2.21. The van der Waals surface area contributed by atoms with Gasteiger partial charge in [0.2, 0.25) is 5.91 Å². The second kappa shape index (κ2) is 6.78. The molecular weight excluding hydrogens is 298 g/mol. The second-order valence-corrected chi connectivity index (χ2v) is 5.23. The molecule has 1 aromatic rings. The van der Waals surface area contributed by atoms with Gasteiger partial charge in [0, 0.05) is 13.0 Å². The van der Waals surface area contributed by atoms with Crippen LogP contribution in [0.4, 0.5) is 0 Å². The van der Waals surface area contributed by atoms with Gasteiger partial charge in [-0.15, -0.1) is 0 Å². The molecule has 0 spiro atoms. The molecule has 1 heterocycles. The number of ether oxygens (including phenoxy) is 1. The predicted molar refractivity (Wildman–Crippen MR) is 75.3 cm³/mol. The number of hydrogen-bond acceptors (Lipinski definition) is 4. The molecule has 0 aromatic heterocycles. The average molecular weight is 314 g/mol. The molecule has 1 aliphatic rings. The van der Waals surface area contributed by atoms with Crippen LogP contribution in [0.15, 0.2) is 24.3 Å². The first kappa shape index (κ1) is 15.6. The summed E-state index contributed by atoms with van der Waals surface area (Å²) in [4.78, 5) is 24.3. The maximum absolute atomic E-state index is 12.0. The van der Waals surface area contributed by atoms with Crippen LogP contribution in [-0.2, 0) is 9.59 Å². The van der Waals surface area contributed by atoms with Crippen molar-refractivity contribution in [3.05, 3.63) is 29.3 Å². The van der Waals surface area contributed by atoms with E-state index in [9.17, 15) is 14.7 Å². The number of benzene rings is 1. The van der Waals surface area contributed by atoms with Crippen molar-refractivity contribution in [2.24, 2.45) is 0 Å². The van der Waals surface area contributed by atoms with Crippen molar-refractivity contribution in [3.8, 4) is 5.75 Å². The van der Waals surface area contributed by atoms with Gasteiger partial charge >= 0.3 is 5.97 Å². The second-order valence-electron chi connectivity index (χ2n) is 4.82. The largest absolute Gasteiger partial charge is 0.491 e. The molecule has 2 atom stereocenters. The normalized spacial score (nSPS) is 21.3. The first-order valence-corrected chi connectivity index (χ1v) is 6.94. The molecule has 0 saturated carbocycles. The Bertz CT molecular complexity index is 536. The summed E-state index contributed by atoms with van der Waals surface area (Å²) in [6, 6.07) is 5.93. The monoisotopic (exact) mass is 313 g/mol. The zero-order valence-electron chi connectivity index (χ0n) is 11.2. The summed E-state index contributed by atoms with van der Waals surface area (Å²) in [6.45, 7) is 0.142. The molecule has 114 valence electrons. The number of hydrogen-bond donors (Lipinski definition) is 2. The lowest BCUT2D eigenvalue weighted by Crippen LogP contribution is -2.41. The number of carbonyl (C=O) groups excluding carboxylic acids is 1. The summed E-state index contributed by atoms with van der Waals surface area (Å²) in [5.74, 6) is -0.985. The topological polar surface area (TPSA) is 87.1 Å². The highest BCUT2D eigenvalue weighted by Crippen LogP contribution is 2.23. The molecular formula is C14H16ClNO5. The fraction of sp³-hybridized carbons (Fsp3) is 0.429. The van der Waals surface area contributed by atoms with Crippen LogP contribution in [0, 0.1) is 0 Å². The average Bonchev–Trinajstić information content (AvgIpc) is 2.83. The van der Waals surface area contributed by atoms with Crippen LogP contribution >= 0.6 is 11.6 Å². The zero-order valence-corrected chi connectivity index (χ0v) is 12.0. The Balaban J connectivity index is 1.87. The standard InChI is InChI=1S/C14H16ClNO5/c15-10-3-1-2-4-12(10)21-6-5-13(18)16-8-9(17)7-11(16)14(19)20/h1-4,9,11,17H,5-8H2,(H,19,20). The number of carboxylic acids is 1. The fourth-order valence-corrected chi connectivity index (χ4v) is 2.47. The van der Waals surface area contributed by atoms with E-state index in [-0.39, 0.29) is 31.9 Å². The molecule has 0 bridgehead atoms. The van der Waals surface area contributed by atoms with Crippen molar-refractivity contribution < 1.29 is 24.5 Å². The number of aliphatic carboxylic acids is 1. The highest BCUT2D eigenvalue weighted by Gasteiger charge is 2.38. The smallest absolute Gasteiger partial charge is 0.326 e. The molecule has 2 unspecified atom stereocenters. The summed E-state index contributed by atoms with van der Waals surface area (Å²) in [7, 11) is 0. The van der Waals surface area contributed by atoms with Gasteiger partial charge in [-0.25, -0.2) is 4.79 Å². The molecule has 1 saturated heterocycles. The Morgan fingerprint density at radius 2 is 2.10 bits per heavy atom. The quantitative estimate of drug-likeness (QED) is 0.851. The van der Waals surface area contributed by atoms with E-state index in [2.05, 4.69) is 0 Å². The maximum Gasteiger partial charge on any atom is 0.326 e. The van der Waals surface area contributed by atoms with E-state index >= 15 is 0 Å². The van der Waals surface area contributed by atoms with Crippen LogP contribution in [0.25, 0.3) is 0 Å². The number of aliphatic hydroxyl groups excluding tert-OH is 1. The van der Waals surface area contributed by atoms with Gasteiger partial charge in [0.25, 0.3) is 0 Å². The van der Waals surface area contributed by atoms with Gasteiger partial charge in [-0.2, -0.15) is 0 Å². The predicted octanol–water partition coefficient (Wildman–Crippen LogP) is 1.16. The van der Waals surface area contributed by atoms with E-state index in [4.69, 9.17) is 21.4 Å². The number of amides is 1. The minimum absolute atomic E-state index is 0.0295. The van der Waals surface area contributed by atoms with Crippen molar-refractivity contribution in [1.29, 1.82) is 0 Å². The molecule has 2 N–H and O–H groups in total. The molecule has 0 aliphatic carbocycles. The van der Waals surface area contributed by atoms with Crippen molar-refractivity contribution in [1.82, 2.24) is 4.90 Å². The zero-order chi connectivity index (χ0) is 15.4. The number of halogens is 1. The lowest BCUT2D eigenvalue weighted by atomic mass is 10.2. The highest BCUT2D eigenvalue weighted by molar-refractivity contribution is 6.32. The van der Waals surface area contributed by atoms with Gasteiger partial charge < -0.3 is 19.8 Å². The summed E-state index contributed by atoms with van der Waals surface area (Å²) < 4.78 is 5.40. The Hall–Kier alpha value is -1.79. The highest BCUT2D eigenvalue weighted by atomic mass is 35.5. The van der Waals surface area contributed by atoms with Crippen LogP contribution in [0.3, 0.4) is 0 Å². The van der Waals surface area contributed by atoms with Gasteiger partial charge in [0.05, 0.1) is 24.2 Å². The molecule has 2 rings (SSSR count). The minimum Gasteiger partial charge on any atom is -0.491 e. The van der Waals surface area contributed by atoms with E-state index in [1.807, 2.05) is 0 Å². The van der Waals surface area contributed by atoms with E-state index in [0.29, 0.717) is 10.8 Å². The number of carbonyl (C=O) groups is 2. The van der Waals surface area contributed by atoms with E-state index in [1.165, 1.54) is 4.90 Å². The minimum atomic E-state index is -1.10. The number of nitrogens with zero attached hydrogens (tertiary/aromatic N) is 1. The first-order valence-electron chi connectivity index (χ1n) is 6.56. The molecule has 0 radical (unpaired) electrons. The number of aliphatic hydroxyl groups is 1. The molecule has 7 heteroatoms. The van der Waals surface area contributed by atoms with Gasteiger partial charge in [0.15, 0.2) is 0 Å². The van der Waals surface area contributed by atoms with Gasteiger partial charge in [0.1, 0.15) is 11.8 Å². The Kier molecular flexibility index (Phi) is 5.03. The van der Waals surface area contributed by atoms with E-state index in [1.54, 1.807) is 24.3 Å². The fourth-order valence-electron chi connectivity index (χ4n) is 2.28. The molecule has 6 nitrogen and oxygen atoms in total. The van der Waals surface area contributed by atoms with Gasteiger partial charge in [-0.05, 0) is 12.1 Å². The van der Waals surface area contributed by atoms with E-state index < -0.39 is 18.1 Å². The summed E-state index contributed by atoms with van der Waals surface area (Å²) in [5.41, 5.74) is 0. The van der Waals surface area contributed by atoms with Crippen LogP contribution < -0.4 is 4.74 Å². The first-order chi connectivity index (χ1) is 9.99.